The lowest BCUT2D eigenvalue weighted by Crippen LogP contribution is -2.15. The van der Waals surface area contributed by atoms with Crippen LogP contribution in [-0.4, -0.2) is 12.1 Å². The molecule has 0 bridgehead atoms. The number of hydrogen-bond donors (Lipinski definition) is 0. The lowest BCUT2D eigenvalue weighted by atomic mass is 9.94. The van der Waals surface area contributed by atoms with Gasteiger partial charge < -0.3 is 4.79 Å². The van der Waals surface area contributed by atoms with E-state index in [9.17, 15) is 9.59 Å². The van der Waals surface area contributed by atoms with Gasteiger partial charge in [-0.25, -0.2) is 0 Å². The van der Waals surface area contributed by atoms with Crippen molar-refractivity contribution in [3.8, 4) is 0 Å². The smallest absolute Gasteiger partial charge is 0.143 e. The van der Waals surface area contributed by atoms with Crippen LogP contribution in [0.2, 0.25) is 0 Å². The number of unbranched alkanes of at least 4 members (excludes halogenated alkanes) is 15. The van der Waals surface area contributed by atoms with Crippen LogP contribution in [0.1, 0.15) is 162 Å². The fraction of sp³-hybridized carbons (Fsp3) is 0.722. The van der Waals surface area contributed by atoms with Gasteiger partial charge in [-0.15, -0.1) is 0 Å². The first-order chi connectivity index (χ1) is 18.8. The average Bonchev–Trinajstić information content (AvgIpc) is 2.93. The van der Waals surface area contributed by atoms with Gasteiger partial charge in [-0.3, -0.25) is 4.79 Å². The quantitative estimate of drug-likeness (QED) is 0.0420. The molecule has 2 nitrogen and oxygen atoms in total. The van der Waals surface area contributed by atoms with Gasteiger partial charge in [0.2, 0.25) is 0 Å². The normalized spacial score (nSPS) is 13.0. The highest BCUT2D eigenvalue weighted by Crippen LogP contribution is 2.16. The van der Waals surface area contributed by atoms with E-state index in [2.05, 4.69) is 62.5 Å². The summed E-state index contributed by atoms with van der Waals surface area (Å²) in [5, 5.41) is 0. The molecule has 0 amide bonds. The molecule has 0 heterocycles. The number of aldehydes is 1. The Balaban J connectivity index is 3.56. The molecule has 0 fully saturated rings. The van der Waals surface area contributed by atoms with Gasteiger partial charge in [0.25, 0.3) is 0 Å². The summed E-state index contributed by atoms with van der Waals surface area (Å²) in [6.07, 6.45) is 45.4. The summed E-state index contributed by atoms with van der Waals surface area (Å²) in [6.45, 7) is 4.42. The zero-order chi connectivity index (χ0) is 27.8. The van der Waals surface area contributed by atoms with Gasteiger partial charge in [0, 0.05) is 6.42 Å². The zero-order valence-electron chi connectivity index (χ0n) is 25.4. The Morgan fingerprint density at radius 2 is 0.974 bits per heavy atom. The third-order valence-electron chi connectivity index (χ3n) is 7.18. The molecule has 0 saturated heterocycles. The Bertz CT molecular complexity index is 625. The van der Waals surface area contributed by atoms with E-state index in [1.807, 2.05) is 0 Å². The lowest BCUT2D eigenvalue weighted by molar-refractivity contribution is -0.127. The standard InChI is InChI=1S/C36H62O2/c1-3-5-7-9-11-13-15-17-19-21-23-25-27-29-31-33-36(38)35(34-37)32-30-28-26-24-22-20-18-16-14-12-10-8-6-4-2/h6,8,12-15,18,20,34-35H,3-5,7,9-11,16-17,19,21-33H2,1-2H3/b8-6-,14-12-,15-13?,20-18-. The van der Waals surface area contributed by atoms with Crippen LogP contribution in [-0.2, 0) is 9.59 Å². The molecule has 0 aliphatic heterocycles. The van der Waals surface area contributed by atoms with Crippen LogP contribution in [0.4, 0.5) is 0 Å². The Labute approximate surface area is 237 Å². The largest absolute Gasteiger partial charge is 0.303 e. The van der Waals surface area contributed by atoms with Gasteiger partial charge in [0.05, 0.1) is 5.92 Å². The molecule has 1 atom stereocenters. The van der Waals surface area contributed by atoms with Gasteiger partial charge >= 0.3 is 0 Å². The molecular weight excluding hydrogens is 464 g/mol. The second-order valence-electron chi connectivity index (χ2n) is 10.8. The van der Waals surface area contributed by atoms with Gasteiger partial charge in [-0.2, -0.15) is 0 Å². The van der Waals surface area contributed by atoms with Crippen LogP contribution in [0.5, 0.6) is 0 Å². The van der Waals surface area contributed by atoms with Crippen LogP contribution in [0, 0.1) is 5.92 Å². The maximum absolute atomic E-state index is 12.4. The summed E-state index contributed by atoms with van der Waals surface area (Å²) in [5.41, 5.74) is 0. The minimum atomic E-state index is -0.367. The molecule has 0 aromatic rings. The number of allylic oxidation sites excluding steroid dienone is 8. The van der Waals surface area contributed by atoms with E-state index in [1.165, 1.54) is 83.5 Å². The molecule has 0 radical (unpaired) electrons. The van der Waals surface area contributed by atoms with Crippen LogP contribution < -0.4 is 0 Å². The number of hydrogen-bond acceptors (Lipinski definition) is 2. The zero-order valence-corrected chi connectivity index (χ0v) is 25.4. The fourth-order valence-corrected chi connectivity index (χ4v) is 4.67. The monoisotopic (exact) mass is 526 g/mol. The van der Waals surface area contributed by atoms with Crippen LogP contribution in [0.3, 0.4) is 0 Å². The highest BCUT2D eigenvalue weighted by atomic mass is 16.1. The maximum Gasteiger partial charge on any atom is 0.143 e. The number of carbonyl (C=O) groups excluding carboxylic acids is 2. The maximum atomic E-state index is 12.4. The van der Waals surface area contributed by atoms with Crippen molar-refractivity contribution >= 4 is 12.1 Å². The molecule has 2 heteroatoms. The predicted octanol–water partition coefficient (Wildman–Crippen LogP) is 11.6. The molecule has 0 aromatic heterocycles. The average molecular weight is 527 g/mol. The van der Waals surface area contributed by atoms with Crippen molar-refractivity contribution in [3.05, 3.63) is 48.6 Å². The van der Waals surface area contributed by atoms with Crippen molar-refractivity contribution in [1.82, 2.24) is 0 Å². The molecule has 0 aromatic carbocycles. The summed E-state index contributed by atoms with van der Waals surface area (Å²) in [7, 11) is 0. The first kappa shape index (κ1) is 36.3. The SMILES string of the molecule is CC/C=C\C/C=C\C/C=C\CCCCCCC(C=O)C(=O)CCCCCCCCCC=CCCCCCC. The van der Waals surface area contributed by atoms with E-state index in [-0.39, 0.29) is 11.7 Å². The van der Waals surface area contributed by atoms with E-state index in [0.29, 0.717) is 6.42 Å². The third-order valence-corrected chi connectivity index (χ3v) is 7.18. The summed E-state index contributed by atoms with van der Waals surface area (Å²) in [6, 6.07) is 0. The predicted molar refractivity (Wildman–Crippen MR) is 169 cm³/mol. The summed E-state index contributed by atoms with van der Waals surface area (Å²) in [4.78, 5) is 23.8. The Kier molecular flexibility index (Phi) is 30.1. The van der Waals surface area contributed by atoms with Crippen molar-refractivity contribution in [2.45, 2.75) is 162 Å². The first-order valence-corrected chi connectivity index (χ1v) is 16.3. The number of carbonyl (C=O) groups is 2. The Morgan fingerprint density at radius 1 is 0.526 bits per heavy atom. The minimum Gasteiger partial charge on any atom is -0.303 e. The molecule has 1 unspecified atom stereocenters. The van der Waals surface area contributed by atoms with Gasteiger partial charge in [0.1, 0.15) is 12.1 Å². The van der Waals surface area contributed by atoms with Gasteiger partial charge in [0.15, 0.2) is 0 Å². The molecule has 38 heavy (non-hydrogen) atoms. The first-order valence-electron chi connectivity index (χ1n) is 16.3. The second kappa shape index (κ2) is 31.5. The lowest BCUT2D eigenvalue weighted by Gasteiger charge is -2.09. The number of Topliss-reactive ketones (excluding diaryl/α,β-unsaturated/α-hetero) is 1. The van der Waals surface area contributed by atoms with Crippen molar-refractivity contribution in [2.24, 2.45) is 5.92 Å². The van der Waals surface area contributed by atoms with Crippen LogP contribution in [0.25, 0.3) is 0 Å². The molecule has 0 aliphatic carbocycles. The van der Waals surface area contributed by atoms with Crippen LogP contribution >= 0.6 is 0 Å². The molecule has 0 N–H and O–H groups in total. The molecule has 0 aliphatic rings. The fourth-order valence-electron chi connectivity index (χ4n) is 4.67. The minimum absolute atomic E-state index is 0.169. The molecule has 218 valence electrons. The molecule has 0 spiro atoms. The van der Waals surface area contributed by atoms with Crippen molar-refractivity contribution < 1.29 is 9.59 Å². The summed E-state index contributed by atoms with van der Waals surface area (Å²) < 4.78 is 0. The number of ketones is 1. The van der Waals surface area contributed by atoms with E-state index in [1.54, 1.807) is 0 Å². The van der Waals surface area contributed by atoms with E-state index < -0.39 is 0 Å². The Morgan fingerprint density at radius 3 is 1.53 bits per heavy atom. The third kappa shape index (κ3) is 27.3. The highest BCUT2D eigenvalue weighted by molar-refractivity contribution is 5.93. The van der Waals surface area contributed by atoms with Gasteiger partial charge in [-0.05, 0) is 70.6 Å². The topological polar surface area (TPSA) is 34.1 Å². The molecule has 0 saturated carbocycles. The van der Waals surface area contributed by atoms with Crippen molar-refractivity contribution in [1.29, 1.82) is 0 Å². The van der Waals surface area contributed by atoms with Gasteiger partial charge in [-0.1, -0.05) is 133 Å². The van der Waals surface area contributed by atoms with Crippen LogP contribution in [0.15, 0.2) is 48.6 Å². The van der Waals surface area contributed by atoms with E-state index >= 15 is 0 Å². The van der Waals surface area contributed by atoms with Crippen molar-refractivity contribution in [2.75, 3.05) is 0 Å². The molecule has 0 rings (SSSR count). The van der Waals surface area contributed by atoms with E-state index in [0.717, 1.165) is 64.1 Å². The summed E-state index contributed by atoms with van der Waals surface area (Å²) in [5.74, 6) is -0.198. The number of rotatable bonds is 29. The second-order valence-corrected chi connectivity index (χ2v) is 10.8. The highest BCUT2D eigenvalue weighted by Gasteiger charge is 2.16. The van der Waals surface area contributed by atoms with Crippen molar-refractivity contribution in [3.63, 3.8) is 0 Å². The summed E-state index contributed by atoms with van der Waals surface area (Å²) >= 11 is 0. The Hall–Kier alpha value is -1.70. The molecular formula is C36H62O2. The van der Waals surface area contributed by atoms with E-state index in [4.69, 9.17) is 0 Å².